The molecule has 0 saturated heterocycles. The summed E-state index contributed by atoms with van der Waals surface area (Å²) in [4.78, 5) is 9.67. The first-order valence-corrected chi connectivity index (χ1v) is 9.39. The van der Waals surface area contributed by atoms with Gasteiger partial charge in [-0.2, -0.15) is 0 Å². The number of fused-ring (bicyclic) bond motifs is 1. The number of nitrogens with zero attached hydrogens (tertiary/aromatic N) is 2. The Morgan fingerprint density at radius 2 is 1.43 bits per heavy atom. The third-order valence-electron chi connectivity index (χ3n) is 4.06. The summed E-state index contributed by atoms with van der Waals surface area (Å²) in [5.41, 5.74) is 5.58. The molecule has 1 unspecified atom stereocenters. The van der Waals surface area contributed by atoms with Crippen molar-refractivity contribution in [2.24, 2.45) is 0 Å². The van der Waals surface area contributed by atoms with Crippen molar-refractivity contribution in [2.45, 2.75) is 20.0 Å². The molecule has 5 heteroatoms. The molecule has 1 radical (unpaired) electrons. The number of aromatic nitrogens is 2. The number of para-hydroxylation sites is 2. The normalized spacial score (nSPS) is 11.8. The maximum absolute atomic E-state index is 8.49. The molecule has 2 N–H and O–H groups in total. The van der Waals surface area contributed by atoms with E-state index in [2.05, 4.69) is 18.2 Å². The summed E-state index contributed by atoms with van der Waals surface area (Å²) >= 11 is 0. The van der Waals surface area contributed by atoms with Crippen LogP contribution in [0.3, 0.4) is 0 Å². The first kappa shape index (κ1) is 23.4. The van der Waals surface area contributed by atoms with Gasteiger partial charge in [0.25, 0.3) is 0 Å². The fraction of sp³-hybridized carbons (Fsp3) is 0.120. The SMILES string of the molecule is C/C(O)=C/C(C)O.[Ir].[c-]1ccccc1-c1nc2ccccc2nc1-c1ccccc1. The number of benzene rings is 3. The van der Waals surface area contributed by atoms with Crippen LogP contribution in [-0.4, -0.2) is 26.3 Å². The van der Waals surface area contributed by atoms with Crippen LogP contribution in [0, 0.1) is 6.07 Å². The van der Waals surface area contributed by atoms with Crippen molar-refractivity contribution in [3.05, 3.63) is 96.8 Å². The smallest absolute Gasteiger partial charge is 0.0877 e. The van der Waals surface area contributed by atoms with Gasteiger partial charge in [0.1, 0.15) is 0 Å². The number of aliphatic hydroxyl groups is 2. The molecule has 0 saturated carbocycles. The molecule has 155 valence electrons. The molecule has 0 amide bonds. The summed E-state index contributed by atoms with van der Waals surface area (Å²) in [7, 11) is 0. The Bertz CT molecular complexity index is 1020. The van der Waals surface area contributed by atoms with Crippen LogP contribution in [0.2, 0.25) is 0 Å². The van der Waals surface area contributed by atoms with E-state index in [1.165, 1.54) is 13.0 Å². The van der Waals surface area contributed by atoms with Crippen LogP contribution < -0.4 is 0 Å². The van der Waals surface area contributed by atoms with Gasteiger partial charge in [-0.15, -0.1) is 35.9 Å². The van der Waals surface area contributed by atoms with Crippen LogP contribution in [0.5, 0.6) is 0 Å². The average Bonchev–Trinajstić information content (AvgIpc) is 2.73. The number of hydrogen-bond acceptors (Lipinski definition) is 4. The molecule has 4 nitrogen and oxygen atoms in total. The van der Waals surface area contributed by atoms with E-state index in [0.29, 0.717) is 0 Å². The molecule has 0 aliphatic heterocycles. The second-order valence-corrected chi connectivity index (χ2v) is 6.60. The minimum atomic E-state index is -0.537. The van der Waals surface area contributed by atoms with Crippen LogP contribution in [-0.2, 0) is 20.1 Å². The Kier molecular flexibility index (Phi) is 8.87. The van der Waals surface area contributed by atoms with Gasteiger partial charge in [0.2, 0.25) is 0 Å². The molecule has 0 fully saturated rings. The zero-order valence-electron chi connectivity index (χ0n) is 16.8. The van der Waals surface area contributed by atoms with Gasteiger partial charge in [-0.05, 0) is 37.6 Å². The first-order chi connectivity index (χ1) is 14.0. The minimum absolute atomic E-state index is 0. The van der Waals surface area contributed by atoms with Crippen molar-refractivity contribution in [2.75, 3.05) is 0 Å². The van der Waals surface area contributed by atoms with E-state index < -0.39 is 6.10 Å². The van der Waals surface area contributed by atoms with Crippen molar-refractivity contribution in [3.63, 3.8) is 0 Å². The summed E-state index contributed by atoms with van der Waals surface area (Å²) in [6.07, 6.45) is 0.824. The molecule has 0 spiro atoms. The van der Waals surface area contributed by atoms with Crippen LogP contribution in [0.4, 0.5) is 0 Å². The Balaban J connectivity index is 0.000000350. The van der Waals surface area contributed by atoms with Gasteiger partial charge in [0, 0.05) is 25.8 Å². The van der Waals surface area contributed by atoms with E-state index in [0.717, 1.165) is 33.5 Å². The number of hydrogen-bond donors (Lipinski definition) is 2. The van der Waals surface area contributed by atoms with Gasteiger partial charge in [-0.1, -0.05) is 42.5 Å². The molecule has 3 aromatic carbocycles. The quantitative estimate of drug-likeness (QED) is 0.247. The maximum atomic E-state index is 8.49. The van der Waals surface area contributed by atoms with Gasteiger partial charge in [-0.25, -0.2) is 0 Å². The maximum Gasteiger partial charge on any atom is 0.0877 e. The van der Waals surface area contributed by atoms with Crippen molar-refractivity contribution < 1.29 is 30.3 Å². The molecule has 1 aromatic heterocycles. The topological polar surface area (TPSA) is 66.2 Å². The van der Waals surface area contributed by atoms with Crippen molar-refractivity contribution in [1.29, 1.82) is 0 Å². The van der Waals surface area contributed by atoms with E-state index in [9.17, 15) is 0 Å². The Hall–Kier alpha value is -2.85. The van der Waals surface area contributed by atoms with Crippen LogP contribution in [0.15, 0.2) is 90.7 Å². The second kappa shape index (κ2) is 11.4. The Labute approximate surface area is 190 Å². The predicted molar refractivity (Wildman–Crippen MR) is 117 cm³/mol. The second-order valence-electron chi connectivity index (χ2n) is 6.60. The molecule has 4 rings (SSSR count). The molecular formula is C25H23IrN2O2-. The van der Waals surface area contributed by atoms with Crippen molar-refractivity contribution in [3.8, 4) is 22.5 Å². The average molecular weight is 576 g/mol. The standard InChI is InChI=1S/C20H13N2.C5H10O2.Ir/c1-3-9-15(10-4-1)19-20(16-11-5-2-6-12-16)22-18-14-8-7-13-17(18)21-19;1-4(6)3-5(2)7;/h1-11,13-14H;3-4,6-7H,1-2H3;/q-1;;/b;5-3-;. The molecule has 0 bridgehead atoms. The summed E-state index contributed by atoms with van der Waals surface area (Å²) in [5.74, 6) is 0.162. The van der Waals surface area contributed by atoms with Gasteiger partial charge in [0.15, 0.2) is 0 Å². The Morgan fingerprint density at radius 1 is 0.867 bits per heavy atom. The summed E-state index contributed by atoms with van der Waals surface area (Å²) in [6.45, 7) is 3.10. The monoisotopic (exact) mass is 576 g/mol. The fourth-order valence-corrected chi connectivity index (χ4v) is 2.87. The number of rotatable bonds is 3. The van der Waals surface area contributed by atoms with Crippen molar-refractivity contribution >= 4 is 11.0 Å². The van der Waals surface area contributed by atoms with Gasteiger partial charge < -0.3 is 10.2 Å². The van der Waals surface area contributed by atoms with Crippen molar-refractivity contribution in [1.82, 2.24) is 9.97 Å². The molecule has 30 heavy (non-hydrogen) atoms. The molecular weight excluding hydrogens is 553 g/mol. The number of aliphatic hydroxyl groups excluding tert-OH is 2. The third kappa shape index (κ3) is 6.33. The zero-order valence-corrected chi connectivity index (χ0v) is 19.2. The molecule has 0 aliphatic rings. The third-order valence-corrected chi connectivity index (χ3v) is 4.06. The van der Waals surface area contributed by atoms with Gasteiger partial charge in [-0.3, -0.25) is 9.97 Å². The van der Waals surface area contributed by atoms with E-state index in [1.54, 1.807) is 6.92 Å². The predicted octanol–water partition coefficient (Wildman–Crippen LogP) is 5.59. The fourth-order valence-electron chi connectivity index (χ4n) is 2.87. The molecule has 1 heterocycles. The largest absolute Gasteiger partial charge is 0.513 e. The Morgan fingerprint density at radius 3 is 1.93 bits per heavy atom. The molecule has 4 aromatic rings. The van der Waals surface area contributed by atoms with Gasteiger partial charge in [0.05, 0.1) is 28.6 Å². The summed E-state index contributed by atoms with van der Waals surface area (Å²) in [6, 6.07) is 29.3. The van der Waals surface area contributed by atoms with Crippen LogP contribution >= 0.6 is 0 Å². The van der Waals surface area contributed by atoms with Crippen LogP contribution in [0.25, 0.3) is 33.5 Å². The van der Waals surface area contributed by atoms with E-state index >= 15 is 0 Å². The zero-order chi connectivity index (χ0) is 20.6. The summed E-state index contributed by atoms with van der Waals surface area (Å²) < 4.78 is 0. The first-order valence-electron chi connectivity index (χ1n) is 9.39. The van der Waals surface area contributed by atoms with Crippen LogP contribution in [0.1, 0.15) is 13.8 Å². The number of allylic oxidation sites excluding steroid dienone is 1. The van der Waals surface area contributed by atoms with Gasteiger partial charge >= 0.3 is 0 Å². The summed E-state index contributed by atoms with van der Waals surface area (Å²) in [5, 5.41) is 16.9. The van der Waals surface area contributed by atoms with E-state index in [1.807, 2.05) is 66.7 Å². The molecule has 0 aliphatic carbocycles. The van der Waals surface area contributed by atoms with E-state index in [4.69, 9.17) is 20.2 Å². The van der Waals surface area contributed by atoms with E-state index in [-0.39, 0.29) is 25.9 Å². The minimum Gasteiger partial charge on any atom is -0.513 e. The molecule has 1 atom stereocenters.